The summed E-state index contributed by atoms with van der Waals surface area (Å²) in [5.74, 6) is -0.487. The van der Waals surface area contributed by atoms with Crippen molar-refractivity contribution in [2.24, 2.45) is 0 Å². The van der Waals surface area contributed by atoms with Crippen molar-refractivity contribution >= 4 is 17.7 Å². The zero-order chi connectivity index (χ0) is 19.6. The third-order valence-electron chi connectivity index (χ3n) is 3.85. The van der Waals surface area contributed by atoms with Gasteiger partial charge in [0.2, 0.25) is 5.91 Å². The van der Waals surface area contributed by atoms with Crippen molar-refractivity contribution in [1.82, 2.24) is 4.90 Å². The highest BCUT2D eigenvalue weighted by Crippen LogP contribution is 2.14. The molecule has 0 spiro atoms. The molecule has 27 heavy (non-hydrogen) atoms. The molecule has 0 aromatic heterocycles. The summed E-state index contributed by atoms with van der Waals surface area (Å²) in [5.41, 5.74) is 1.69. The van der Waals surface area contributed by atoms with Crippen LogP contribution in [0.15, 0.2) is 54.6 Å². The Bertz CT molecular complexity index is 771. The van der Waals surface area contributed by atoms with E-state index in [9.17, 15) is 14.4 Å². The second kappa shape index (κ2) is 10.1. The summed E-state index contributed by atoms with van der Waals surface area (Å²) in [4.78, 5) is 37.2. The van der Waals surface area contributed by atoms with E-state index in [0.717, 1.165) is 11.1 Å². The van der Waals surface area contributed by atoms with E-state index in [2.05, 4.69) is 0 Å². The van der Waals surface area contributed by atoms with Gasteiger partial charge in [0.25, 0.3) is 0 Å². The molecule has 0 N–H and O–H groups in total. The Labute approximate surface area is 158 Å². The molecule has 0 fully saturated rings. The number of hydrogen-bond donors (Lipinski definition) is 0. The molecule has 0 saturated heterocycles. The summed E-state index contributed by atoms with van der Waals surface area (Å²) in [7, 11) is 1.57. The van der Waals surface area contributed by atoms with Crippen LogP contribution < -0.4 is 4.74 Å². The molecule has 0 bridgehead atoms. The van der Waals surface area contributed by atoms with Crippen molar-refractivity contribution in [1.29, 1.82) is 0 Å². The quantitative estimate of drug-likeness (QED) is 0.502. The van der Waals surface area contributed by atoms with Crippen LogP contribution in [0.2, 0.25) is 0 Å². The van der Waals surface area contributed by atoms with Crippen LogP contribution in [-0.2, 0) is 32.3 Å². The Morgan fingerprint density at radius 1 is 0.926 bits per heavy atom. The zero-order valence-corrected chi connectivity index (χ0v) is 15.5. The van der Waals surface area contributed by atoms with Gasteiger partial charge in [-0.05, 0) is 30.2 Å². The lowest BCUT2D eigenvalue weighted by atomic mass is 10.2. The van der Waals surface area contributed by atoms with Gasteiger partial charge in [-0.25, -0.2) is 0 Å². The van der Waals surface area contributed by atoms with Gasteiger partial charge in [0, 0.05) is 6.54 Å². The van der Waals surface area contributed by atoms with Gasteiger partial charge in [0.05, 0.1) is 13.5 Å². The van der Waals surface area contributed by atoms with Crippen molar-refractivity contribution in [2.45, 2.75) is 26.5 Å². The molecule has 0 radical (unpaired) electrons. The van der Waals surface area contributed by atoms with E-state index in [1.807, 2.05) is 42.5 Å². The summed E-state index contributed by atoms with van der Waals surface area (Å²) in [6, 6.07) is 16.5. The van der Waals surface area contributed by atoms with Crippen LogP contribution in [0.5, 0.6) is 5.75 Å². The molecule has 0 aliphatic heterocycles. The second-order valence-corrected chi connectivity index (χ2v) is 6.12. The minimum Gasteiger partial charge on any atom is -0.497 e. The summed E-state index contributed by atoms with van der Waals surface area (Å²) in [6.07, 6.45) is -0.248. The largest absolute Gasteiger partial charge is 0.497 e. The van der Waals surface area contributed by atoms with Crippen molar-refractivity contribution in [3.63, 3.8) is 0 Å². The van der Waals surface area contributed by atoms with Crippen LogP contribution in [0, 0.1) is 0 Å². The predicted molar refractivity (Wildman–Crippen MR) is 99.9 cm³/mol. The number of nitrogens with zero attached hydrogens (tertiary/aromatic N) is 1. The number of ketones is 1. The highest BCUT2D eigenvalue weighted by atomic mass is 16.5. The summed E-state index contributed by atoms with van der Waals surface area (Å²) in [5, 5.41) is 0. The van der Waals surface area contributed by atoms with E-state index < -0.39 is 11.9 Å². The summed E-state index contributed by atoms with van der Waals surface area (Å²) >= 11 is 0. The van der Waals surface area contributed by atoms with Gasteiger partial charge in [-0.15, -0.1) is 0 Å². The molecule has 2 aromatic carbocycles. The highest BCUT2D eigenvalue weighted by molar-refractivity contribution is 5.97. The minimum atomic E-state index is -0.524. The van der Waals surface area contributed by atoms with Crippen LogP contribution in [-0.4, -0.2) is 36.2 Å². The molecule has 0 atom stereocenters. The molecule has 2 rings (SSSR count). The number of ether oxygens (including phenoxy) is 2. The molecule has 0 heterocycles. The van der Waals surface area contributed by atoms with E-state index in [1.54, 1.807) is 19.2 Å². The van der Waals surface area contributed by atoms with Crippen molar-refractivity contribution < 1.29 is 23.9 Å². The molecule has 0 aliphatic rings. The van der Waals surface area contributed by atoms with E-state index in [4.69, 9.17) is 9.47 Å². The number of amides is 1. The van der Waals surface area contributed by atoms with E-state index in [-0.39, 0.29) is 31.9 Å². The molecule has 2 aromatic rings. The van der Waals surface area contributed by atoms with Crippen molar-refractivity contribution in [3.05, 3.63) is 65.7 Å². The first-order valence-electron chi connectivity index (χ1n) is 8.57. The fourth-order valence-electron chi connectivity index (χ4n) is 2.45. The van der Waals surface area contributed by atoms with E-state index in [1.165, 1.54) is 11.8 Å². The fraction of sp³-hybridized carbons (Fsp3) is 0.286. The number of carbonyl (C=O) groups is 3. The summed E-state index contributed by atoms with van der Waals surface area (Å²) < 4.78 is 10.4. The SMILES string of the molecule is COc1ccc(CN(CC(=O)OCc2ccccc2)C(=O)CC(C)=O)cc1. The van der Waals surface area contributed by atoms with Gasteiger partial charge in [0.1, 0.15) is 24.7 Å². The number of methoxy groups -OCH3 is 1. The van der Waals surface area contributed by atoms with Crippen LogP contribution >= 0.6 is 0 Å². The van der Waals surface area contributed by atoms with Gasteiger partial charge in [-0.2, -0.15) is 0 Å². The van der Waals surface area contributed by atoms with Gasteiger partial charge in [-0.1, -0.05) is 42.5 Å². The lowest BCUT2D eigenvalue weighted by molar-refractivity contribution is -0.151. The number of benzene rings is 2. The lowest BCUT2D eigenvalue weighted by Crippen LogP contribution is -2.36. The molecular formula is C21H23NO5. The van der Waals surface area contributed by atoms with Gasteiger partial charge in [-0.3, -0.25) is 14.4 Å². The van der Waals surface area contributed by atoms with Gasteiger partial charge < -0.3 is 14.4 Å². The molecule has 0 saturated carbocycles. The smallest absolute Gasteiger partial charge is 0.325 e. The zero-order valence-electron chi connectivity index (χ0n) is 15.5. The Morgan fingerprint density at radius 2 is 1.59 bits per heavy atom. The molecule has 6 nitrogen and oxygen atoms in total. The number of rotatable bonds is 9. The number of Topliss-reactive ketones (excluding diaryl/α,β-unsaturated/α-hetero) is 1. The van der Waals surface area contributed by atoms with E-state index >= 15 is 0 Å². The third-order valence-corrected chi connectivity index (χ3v) is 3.85. The molecule has 0 unspecified atom stereocenters. The first-order chi connectivity index (χ1) is 13.0. The number of carbonyl (C=O) groups excluding carboxylic acids is 3. The van der Waals surface area contributed by atoms with Crippen LogP contribution in [0.25, 0.3) is 0 Å². The highest BCUT2D eigenvalue weighted by Gasteiger charge is 2.20. The Hall–Kier alpha value is -3.15. The van der Waals surface area contributed by atoms with Gasteiger partial charge >= 0.3 is 5.97 Å². The molecule has 0 aliphatic carbocycles. The van der Waals surface area contributed by atoms with Crippen LogP contribution in [0.3, 0.4) is 0 Å². The maximum absolute atomic E-state index is 12.4. The third kappa shape index (κ3) is 6.93. The van der Waals surface area contributed by atoms with E-state index in [0.29, 0.717) is 5.75 Å². The van der Waals surface area contributed by atoms with Crippen molar-refractivity contribution in [2.75, 3.05) is 13.7 Å². The maximum atomic E-state index is 12.4. The second-order valence-electron chi connectivity index (χ2n) is 6.12. The average molecular weight is 369 g/mol. The molecule has 142 valence electrons. The summed E-state index contributed by atoms with van der Waals surface area (Å²) in [6.45, 7) is 1.47. The first-order valence-corrected chi connectivity index (χ1v) is 8.57. The predicted octanol–water partition coefficient (Wildman–Crippen LogP) is 2.75. The number of esters is 1. The van der Waals surface area contributed by atoms with Crippen LogP contribution in [0.1, 0.15) is 24.5 Å². The maximum Gasteiger partial charge on any atom is 0.325 e. The molecule has 1 amide bonds. The first kappa shape index (κ1) is 20.2. The lowest BCUT2D eigenvalue weighted by Gasteiger charge is -2.21. The van der Waals surface area contributed by atoms with Crippen LogP contribution in [0.4, 0.5) is 0 Å². The monoisotopic (exact) mass is 369 g/mol. The topological polar surface area (TPSA) is 72.9 Å². The van der Waals surface area contributed by atoms with Gasteiger partial charge in [0.15, 0.2) is 0 Å². The minimum absolute atomic E-state index is 0.136. The number of hydrogen-bond acceptors (Lipinski definition) is 5. The average Bonchev–Trinajstić information content (AvgIpc) is 2.66. The molecular weight excluding hydrogens is 346 g/mol. The Kier molecular flexibility index (Phi) is 7.55. The fourth-order valence-corrected chi connectivity index (χ4v) is 2.45. The normalized spacial score (nSPS) is 10.1. The standard InChI is InChI=1S/C21H23NO5/c1-16(23)12-20(24)22(13-17-8-10-19(26-2)11-9-17)14-21(25)27-15-18-6-4-3-5-7-18/h3-11H,12-15H2,1-2H3. The molecule has 6 heteroatoms. The van der Waals surface area contributed by atoms with Crippen molar-refractivity contribution in [3.8, 4) is 5.75 Å². The Balaban J connectivity index is 2.00. The Morgan fingerprint density at radius 3 is 2.19 bits per heavy atom.